The van der Waals surface area contributed by atoms with E-state index in [0.717, 1.165) is 28.2 Å². The van der Waals surface area contributed by atoms with Gasteiger partial charge in [-0.2, -0.15) is 10.2 Å². The lowest BCUT2D eigenvalue weighted by Gasteiger charge is -1.94. The van der Waals surface area contributed by atoms with Gasteiger partial charge < -0.3 is 5.73 Å². The normalized spacial score (nSPS) is 10.9. The number of anilines is 1. The molecule has 2 heterocycles. The second-order valence-corrected chi connectivity index (χ2v) is 3.80. The highest BCUT2D eigenvalue weighted by Crippen LogP contribution is 2.27. The molecular weight excluding hydrogens is 190 g/mol. The Morgan fingerprint density at radius 2 is 1.80 bits per heavy atom. The number of nitrogens with two attached hydrogens (primary N) is 1. The van der Waals surface area contributed by atoms with Gasteiger partial charge in [-0.3, -0.25) is 9.78 Å². The first kappa shape index (κ1) is 9.76. The number of nitrogens with one attached hydrogen (secondary N) is 1. The van der Waals surface area contributed by atoms with Gasteiger partial charge in [-0.15, -0.1) is 0 Å². The summed E-state index contributed by atoms with van der Waals surface area (Å²) >= 11 is 0. The first-order valence-electron chi connectivity index (χ1n) is 4.83. The van der Waals surface area contributed by atoms with Crippen LogP contribution >= 0.6 is 0 Å². The quantitative estimate of drug-likeness (QED) is 0.737. The van der Waals surface area contributed by atoms with Gasteiger partial charge in [-0.25, -0.2) is 0 Å². The number of aryl methyl sites for hydroxylation is 2. The third-order valence-corrected chi connectivity index (χ3v) is 2.82. The molecule has 0 aliphatic heterocycles. The number of nitrogen functional groups attached to an aromatic ring is 1. The number of rotatable bonds is 1. The molecule has 0 aliphatic rings. The highest BCUT2D eigenvalue weighted by Gasteiger charge is 2.16. The Balaban J connectivity index is 2.64. The van der Waals surface area contributed by atoms with Crippen LogP contribution in [-0.2, 0) is 7.05 Å². The van der Waals surface area contributed by atoms with Gasteiger partial charge in [-0.1, -0.05) is 0 Å². The molecule has 0 atom stereocenters. The summed E-state index contributed by atoms with van der Waals surface area (Å²) in [6.45, 7) is 5.98. The van der Waals surface area contributed by atoms with Crippen molar-refractivity contribution in [2.45, 2.75) is 20.8 Å². The van der Waals surface area contributed by atoms with E-state index in [9.17, 15) is 0 Å². The van der Waals surface area contributed by atoms with Crippen LogP contribution in [0.4, 0.5) is 5.82 Å². The summed E-state index contributed by atoms with van der Waals surface area (Å²) in [5.74, 6) is 0.685. The van der Waals surface area contributed by atoms with Crippen LogP contribution in [-0.4, -0.2) is 20.0 Å². The lowest BCUT2D eigenvalue weighted by Crippen LogP contribution is -1.97. The Morgan fingerprint density at radius 3 is 2.20 bits per heavy atom. The first-order chi connectivity index (χ1) is 7.02. The van der Waals surface area contributed by atoms with Crippen molar-refractivity contribution in [1.82, 2.24) is 20.0 Å². The number of hydrogen-bond donors (Lipinski definition) is 2. The molecule has 80 valence electrons. The molecule has 2 rings (SSSR count). The molecule has 0 amide bonds. The minimum Gasteiger partial charge on any atom is -0.384 e. The lowest BCUT2D eigenvalue weighted by atomic mass is 10.1. The first-order valence-corrected chi connectivity index (χ1v) is 4.83. The molecule has 2 aromatic heterocycles. The number of H-pyrrole nitrogens is 1. The van der Waals surface area contributed by atoms with Crippen molar-refractivity contribution in [3.05, 3.63) is 16.8 Å². The largest absolute Gasteiger partial charge is 0.384 e. The van der Waals surface area contributed by atoms with Crippen LogP contribution in [0.15, 0.2) is 0 Å². The molecule has 0 fully saturated rings. The van der Waals surface area contributed by atoms with Gasteiger partial charge in [0.2, 0.25) is 0 Å². The average molecular weight is 205 g/mol. The van der Waals surface area contributed by atoms with Gasteiger partial charge in [0.05, 0.1) is 0 Å². The molecule has 2 aromatic rings. The zero-order valence-electron chi connectivity index (χ0n) is 9.42. The zero-order chi connectivity index (χ0) is 11.2. The van der Waals surface area contributed by atoms with Crippen LogP contribution in [0.1, 0.15) is 16.8 Å². The minimum atomic E-state index is 0.685. The molecule has 0 bridgehead atoms. The van der Waals surface area contributed by atoms with E-state index < -0.39 is 0 Å². The number of aromatic nitrogens is 4. The molecule has 0 radical (unpaired) electrons. The van der Waals surface area contributed by atoms with Crippen LogP contribution in [0.25, 0.3) is 11.4 Å². The van der Waals surface area contributed by atoms with E-state index in [0.29, 0.717) is 5.82 Å². The molecule has 15 heavy (non-hydrogen) atoms. The molecule has 0 saturated carbocycles. The van der Waals surface area contributed by atoms with Crippen LogP contribution < -0.4 is 5.73 Å². The van der Waals surface area contributed by atoms with E-state index in [2.05, 4.69) is 15.3 Å². The number of nitrogens with zero attached hydrogens (tertiary/aromatic N) is 3. The second-order valence-electron chi connectivity index (χ2n) is 3.80. The van der Waals surface area contributed by atoms with Crippen molar-refractivity contribution >= 4 is 5.82 Å². The van der Waals surface area contributed by atoms with Crippen LogP contribution in [0, 0.1) is 20.8 Å². The van der Waals surface area contributed by atoms with Crippen molar-refractivity contribution in [3.8, 4) is 11.4 Å². The van der Waals surface area contributed by atoms with E-state index in [1.54, 1.807) is 4.68 Å². The second kappa shape index (κ2) is 3.12. The molecule has 5 heteroatoms. The van der Waals surface area contributed by atoms with E-state index in [-0.39, 0.29) is 0 Å². The SMILES string of the molecule is Cc1[nH]nc(-c2nn(C)c(N)c2C)c1C. The topological polar surface area (TPSA) is 72.5 Å². The monoisotopic (exact) mass is 205 g/mol. The van der Waals surface area contributed by atoms with E-state index in [4.69, 9.17) is 5.73 Å². The Labute approximate surface area is 88.3 Å². The summed E-state index contributed by atoms with van der Waals surface area (Å²) < 4.78 is 1.67. The van der Waals surface area contributed by atoms with Crippen molar-refractivity contribution < 1.29 is 0 Å². The van der Waals surface area contributed by atoms with Gasteiger partial charge in [0.15, 0.2) is 0 Å². The molecule has 0 saturated heterocycles. The Morgan fingerprint density at radius 1 is 1.13 bits per heavy atom. The molecule has 0 spiro atoms. The number of aromatic amines is 1. The summed E-state index contributed by atoms with van der Waals surface area (Å²) in [6, 6.07) is 0. The summed E-state index contributed by atoms with van der Waals surface area (Å²) in [5, 5.41) is 11.6. The van der Waals surface area contributed by atoms with Crippen LogP contribution in [0.2, 0.25) is 0 Å². The molecule has 0 aliphatic carbocycles. The Kier molecular flexibility index (Phi) is 2.03. The van der Waals surface area contributed by atoms with Gasteiger partial charge in [0.25, 0.3) is 0 Å². The van der Waals surface area contributed by atoms with Crippen molar-refractivity contribution in [1.29, 1.82) is 0 Å². The molecule has 5 nitrogen and oxygen atoms in total. The number of hydrogen-bond acceptors (Lipinski definition) is 3. The molecule has 0 unspecified atom stereocenters. The van der Waals surface area contributed by atoms with Gasteiger partial charge in [0.1, 0.15) is 17.2 Å². The molecule has 0 aromatic carbocycles. The zero-order valence-corrected chi connectivity index (χ0v) is 9.42. The maximum absolute atomic E-state index is 5.86. The summed E-state index contributed by atoms with van der Waals surface area (Å²) in [5.41, 5.74) is 10.8. The smallest absolute Gasteiger partial charge is 0.124 e. The Hall–Kier alpha value is -1.78. The fourth-order valence-electron chi connectivity index (χ4n) is 1.58. The molecular formula is C10H15N5. The van der Waals surface area contributed by atoms with Crippen molar-refractivity contribution in [2.24, 2.45) is 7.05 Å². The predicted octanol–water partition coefficient (Wildman–Crippen LogP) is 1.32. The van der Waals surface area contributed by atoms with Crippen molar-refractivity contribution in [2.75, 3.05) is 5.73 Å². The third-order valence-electron chi connectivity index (χ3n) is 2.82. The van der Waals surface area contributed by atoms with Gasteiger partial charge in [0, 0.05) is 18.3 Å². The minimum absolute atomic E-state index is 0.685. The van der Waals surface area contributed by atoms with Gasteiger partial charge >= 0.3 is 0 Å². The van der Waals surface area contributed by atoms with E-state index in [1.807, 2.05) is 27.8 Å². The van der Waals surface area contributed by atoms with E-state index in [1.165, 1.54) is 0 Å². The van der Waals surface area contributed by atoms with E-state index >= 15 is 0 Å². The Bertz CT molecular complexity index is 506. The average Bonchev–Trinajstić information content (AvgIpc) is 2.64. The fourth-order valence-corrected chi connectivity index (χ4v) is 1.58. The summed E-state index contributed by atoms with van der Waals surface area (Å²) in [4.78, 5) is 0. The maximum atomic E-state index is 5.86. The van der Waals surface area contributed by atoms with Crippen molar-refractivity contribution in [3.63, 3.8) is 0 Å². The summed E-state index contributed by atoms with van der Waals surface area (Å²) in [6.07, 6.45) is 0. The van der Waals surface area contributed by atoms with Crippen LogP contribution in [0.5, 0.6) is 0 Å². The molecule has 3 N–H and O–H groups in total. The third kappa shape index (κ3) is 1.31. The highest BCUT2D eigenvalue weighted by atomic mass is 15.3. The van der Waals surface area contributed by atoms with Gasteiger partial charge in [-0.05, 0) is 26.3 Å². The van der Waals surface area contributed by atoms with Crippen LogP contribution in [0.3, 0.4) is 0 Å². The maximum Gasteiger partial charge on any atom is 0.124 e. The standard InChI is InChI=1S/C10H15N5/c1-5-7(3)12-13-8(5)9-6(2)10(11)15(4)14-9/h11H2,1-4H3,(H,12,13). The fraction of sp³-hybridized carbons (Fsp3) is 0.400. The predicted molar refractivity (Wildman–Crippen MR) is 59.4 cm³/mol. The highest BCUT2D eigenvalue weighted by molar-refractivity contribution is 5.67. The summed E-state index contributed by atoms with van der Waals surface area (Å²) in [7, 11) is 1.83. The lowest BCUT2D eigenvalue weighted by molar-refractivity contribution is 0.780.